The first-order valence-corrected chi connectivity index (χ1v) is 9.16. The van der Waals surface area contributed by atoms with Crippen molar-refractivity contribution in [2.24, 2.45) is 0 Å². The molecule has 0 fully saturated rings. The average molecular weight is 350 g/mol. The predicted octanol–water partition coefficient (Wildman–Crippen LogP) is 4.94. The zero-order chi connectivity index (χ0) is 16.2. The molecule has 0 unspecified atom stereocenters. The largest absolute Gasteiger partial charge is 0.355 e. The highest BCUT2D eigenvalue weighted by Gasteiger charge is 2.08. The molecule has 24 heavy (non-hydrogen) atoms. The Bertz CT molecular complexity index is 839. The van der Waals surface area contributed by atoms with Gasteiger partial charge in [0, 0.05) is 28.0 Å². The van der Waals surface area contributed by atoms with E-state index < -0.39 is 0 Å². The van der Waals surface area contributed by atoms with Crippen molar-refractivity contribution in [3.63, 3.8) is 0 Å². The molecule has 4 rings (SSSR count). The standard InChI is InChI=1S/C18H14N4S2/c1-3-7-13(8-4-1)16-21-18(24-22-16)19-11-15-12-23-17(20-15)14-9-5-2-6-10-14/h1-10,12H,11H2,(H,19,21,22). The van der Waals surface area contributed by atoms with Gasteiger partial charge in [-0.3, -0.25) is 0 Å². The zero-order valence-electron chi connectivity index (χ0n) is 12.7. The molecule has 0 aliphatic carbocycles. The first-order valence-electron chi connectivity index (χ1n) is 7.51. The van der Waals surface area contributed by atoms with Crippen LogP contribution in [-0.4, -0.2) is 14.3 Å². The minimum atomic E-state index is 0.646. The number of rotatable bonds is 5. The summed E-state index contributed by atoms with van der Waals surface area (Å²) in [5, 5.41) is 7.23. The van der Waals surface area contributed by atoms with Crippen LogP contribution in [0.2, 0.25) is 0 Å². The maximum atomic E-state index is 4.67. The second-order valence-electron chi connectivity index (χ2n) is 5.15. The molecule has 2 aromatic heterocycles. The van der Waals surface area contributed by atoms with E-state index in [0.717, 1.165) is 32.8 Å². The van der Waals surface area contributed by atoms with Gasteiger partial charge in [0.15, 0.2) is 5.82 Å². The maximum absolute atomic E-state index is 4.67. The lowest BCUT2D eigenvalue weighted by Gasteiger charge is -1.98. The Balaban J connectivity index is 1.43. The van der Waals surface area contributed by atoms with E-state index in [4.69, 9.17) is 0 Å². The molecule has 0 saturated heterocycles. The Labute approximate surface area is 148 Å². The van der Waals surface area contributed by atoms with Crippen LogP contribution in [-0.2, 0) is 6.54 Å². The lowest BCUT2D eigenvalue weighted by atomic mass is 10.2. The van der Waals surface area contributed by atoms with Gasteiger partial charge in [0.05, 0.1) is 12.2 Å². The summed E-state index contributed by atoms with van der Waals surface area (Å²) in [6.07, 6.45) is 0. The fourth-order valence-electron chi connectivity index (χ4n) is 2.27. The van der Waals surface area contributed by atoms with Crippen molar-refractivity contribution in [1.29, 1.82) is 0 Å². The summed E-state index contributed by atoms with van der Waals surface area (Å²) in [5.41, 5.74) is 3.19. The molecule has 0 spiro atoms. The minimum absolute atomic E-state index is 0.646. The van der Waals surface area contributed by atoms with E-state index in [2.05, 4.69) is 37.2 Å². The number of benzene rings is 2. The van der Waals surface area contributed by atoms with Crippen molar-refractivity contribution in [2.45, 2.75) is 6.54 Å². The van der Waals surface area contributed by atoms with E-state index in [0.29, 0.717) is 6.54 Å². The van der Waals surface area contributed by atoms with Gasteiger partial charge < -0.3 is 5.32 Å². The first-order chi connectivity index (χ1) is 11.9. The molecular formula is C18H14N4S2. The fourth-order valence-corrected chi connectivity index (χ4v) is 3.68. The van der Waals surface area contributed by atoms with Crippen molar-refractivity contribution >= 4 is 28.0 Å². The highest BCUT2D eigenvalue weighted by molar-refractivity contribution is 7.13. The molecule has 0 radical (unpaired) electrons. The second kappa shape index (κ2) is 6.90. The van der Waals surface area contributed by atoms with Gasteiger partial charge >= 0.3 is 0 Å². The van der Waals surface area contributed by atoms with E-state index in [1.807, 2.05) is 48.5 Å². The fraction of sp³-hybridized carbons (Fsp3) is 0.0556. The first kappa shape index (κ1) is 15.0. The lowest BCUT2D eigenvalue weighted by Crippen LogP contribution is -1.99. The van der Waals surface area contributed by atoms with Gasteiger partial charge in [0.1, 0.15) is 5.01 Å². The Morgan fingerprint density at radius 1 is 0.833 bits per heavy atom. The summed E-state index contributed by atoms with van der Waals surface area (Å²) in [6, 6.07) is 20.2. The van der Waals surface area contributed by atoms with E-state index in [1.54, 1.807) is 11.3 Å². The number of hydrogen-bond donors (Lipinski definition) is 1. The molecule has 0 amide bonds. The summed E-state index contributed by atoms with van der Waals surface area (Å²) in [4.78, 5) is 9.21. The monoisotopic (exact) mass is 350 g/mol. The number of aromatic nitrogens is 3. The quantitative estimate of drug-likeness (QED) is 0.554. The number of nitrogens with zero attached hydrogens (tertiary/aromatic N) is 3. The molecule has 0 saturated carbocycles. The van der Waals surface area contributed by atoms with E-state index in [1.165, 1.54) is 11.5 Å². The molecule has 1 N–H and O–H groups in total. The van der Waals surface area contributed by atoms with E-state index >= 15 is 0 Å². The summed E-state index contributed by atoms with van der Waals surface area (Å²) in [7, 11) is 0. The molecule has 6 heteroatoms. The number of anilines is 1. The van der Waals surface area contributed by atoms with Crippen LogP contribution in [0.15, 0.2) is 66.0 Å². The molecule has 118 valence electrons. The Kier molecular flexibility index (Phi) is 4.31. The normalized spacial score (nSPS) is 10.7. The number of thiazole rings is 1. The SMILES string of the molecule is c1ccc(-c2nsc(NCc3csc(-c4ccccc4)n3)n2)cc1. The Morgan fingerprint density at radius 2 is 1.54 bits per heavy atom. The van der Waals surface area contributed by atoms with Crippen LogP contribution in [0.3, 0.4) is 0 Å². The molecule has 0 atom stereocenters. The van der Waals surface area contributed by atoms with Gasteiger partial charge in [-0.05, 0) is 0 Å². The summed E-state index contributed by atoms with van der Waals surface area (Å²) < 4.78 is 4.40. The van der Waals surface area contributed by atoms with Crippen LogP contribution in [0, 0.1) is 0 Å². The third-order valence-corrected chi connectivity index (χ3v) is 5.06. The third kappa shape index (κ3) is 3.34. The van der Waals surface area contributed by atoms with Crippen LogP contribution in [0.4, 0.5) is 5.13 Å². The molecule has 2 heterocycles. The van der Waals surface area contributed by atoms with Crippen LogP contribution in [0.1, 0.15) is 5.69 Å². The van der Waals surface area contributed by atoms with Gasteiger partial charge in [-0.25, -0.2) is 4.98 Å². The van der Waals surface area contributed by atoms with Gasteiger partial charge in [0.25, 0.3) is 0 Å². The van der Waals surface area contributed by atoms with Crippen LogP contribution >= 0.6 is 22.9 Å². The van der Waals surface area contributed by atoms with Gasteiger partial charge in [0.2, 0.25) is 5.13 Å². The molecule has 4 nitrogen and oxygen atoms in total. The Morgan fingerprint density at radius 3 is 2.29 bits per heavy atom. The topological polar surface area (TPSA) is 50.7 Å². The number of hydrogen-bond acceptors (Lipinski definition) is 6. The molecule has 2 aromatic carbocycles. The van der Waals surface area contributed by atoms with E-state index in [-0.39, 0.29) is 0 Å². The molecule has 4 aromatic rings. The molecule has 0 aliphatic heterocycles. The predicted molar refractivity (Wildman–Crippen MR) is 100 cm³/mol. The molecule has 0 aliphatic rings. The van der Waals surface area contributed by atoms with Gasteiger partial charge in [-0.2, -0.15) is 9.36 Å². The van der Waals surface area contributed by atoms with Crippen LogP contribution in [0.25, 0.3) is 22.0 Å². The molecular weight excluding hydrogens is 336 g/mol. The van der Waals surface area contributed by atoms with Crippen molar-refractivity contribution in [2.75, 3.05) is 5.32 Å². The minimum Gasteiger partial charge on any atom is -0.355 e. The smallest absolute Gasteiger partial charge is 0.203 e. The third-order valence-electron chi connectivity index (χ3n) is 3.45. The summed E-state index contributed by atoms with van der Waals surface area (Å²) in [6.45, 7) is 0.646. The zero-order valence-corrected chi connectivity index (χ0v) is 14.3. The summed E-state index contributed by atoms with van der Waals surface area (Å²) >= 11 is 3.03. The van der Waals surface area contributed by atoms with Crippen molar-refractivity contribution in [3.05, 3.63) is 71.7 Å². The lowest BCUT2D eigenvalue weighted by molar-refractivity contribution is 1.07. The van der Waals surface area contributed by atoms with Gasteiger partial charge in [-0.15, -0.1) is 11.3 Å². The van der Waals surface area contributed by atoms with E-state index in [9.17, 15) is 0 Å². The van der Waals surface area contributed by atoms with Crippen LogP contribution < -0.4 is 5.32 Å². The highest BCUT2D eigenvalue weighted by Crippen LogP contribution is 2.24. The van der Waals surface area contributed by atoms with Gasteiger partial charge in [-0.1, -0.05) is 60.7 Å². The molecule has 0 bridgehead atoms. The maximum Gasteiger partial charge on any atom is 0.203 e. The van der Waals surface area contributed by atoms with Crippen LogP contribution in [0.5, 0.6) is 0 Å². The van der Waals surface area contributed by atoms with Crippen molar-refractivity contribution in [1.82, 2.24) is 14.3 Å². The summed E-state index contributed by atoms with van der Waals surface area (Å²) in [5.74, 6) is 0.756. The highest BCUT2D eigenvalue weighted by atomic mass is 32.1. The average Bonchev–Trinajstić information content (AvgIpc) is 3.31. The Hall–Kier alpha value is -2.57. The van der Waals surface area contributed by atoms with Crippen molar-refractivity contribution < 1.29 is 0 Å². The van der Waals surface area contributed by atoms with Crippen molar-refractivity contribution in [3.8, 4) is 22.0 Å². The number of nitrogens with one attached hydrogen (secondary N) is 1. The second-order valence-corrected chi connectivity index (χ2v) is 6.76.